The van der Waals surface area contributed by atoms with E-state index in [4.69, 9.17) is 18.9 Å². The second kappa shape index (κ2) is 83.3. The van der Waals surface area contributed by atoms with E-state index in [1.165, 1.54) is 270 Å². The molecule has 9 heteroatoms. The molecule has 0 aromatic heterocycles. The van der Waals surface area contributed by atoms with E-state index in [0.717, 1.165) is 103 Å². The predicted octanol–water partition coefficient (Wildman–Crippen LogP) is 28.6. The van der Waals surface area contributed by atoms with Crippen molar-refractivity contribution in [2.24, 2.45) is 0 Å². The Hall–Kier alpha value is -4.31. The zero-order chi connectivity index (χ0) is 74.6. The van der Waals surface area contributed by atoms with Crippen molar-refractivity contribution in [3.05, 3.63) is 122 Å². The predicted molar refractivity (Wildman–Crippen MR) is 447 cm³/mol. The molecular formula is C94H166NO8+. The van der Waals surface area contributed by atoms with Crippen molar-refractivity contribution < 1.29 is 42.9 Å². The first kappa shape index (κ1) is 98.7. The van der Waals surface area contributed by atoms with E-state index in [2.05, 4.69) is 135 Å². The Morgan fingerprint density at radius 1 is 0.291 bits per heavy atom. The van der Waals surface area contributed by atoms with Crippen molar-refractivity contribution in [2.45, 2.75) is 411 Å². The Kier molecular flexibility index (Phi) is 79.8. The van der Waals surface area contributed by atoms with E-state index < -0.39 is 18.4 Å². The third-order valence-electron chi connectivity index (χ3n) is 19.2. The number of hydrogen-bond acceptors (Lipinski definition) is 7. The van der Waals surface area contributed by atoms with Crippen LogP contribution in [0.1, 0.15) is 399 Å². The Bertz CT molecular complexity index is 2120. The maximum Gasteiger partial charge on any atom is 0.361 e. The zero-order valence-electron chi connectivity index (χ0n) is 68.2. The quantitative estimate of drug-likeness (QED) is 0.0211. The van der Waals surface area contributed by atoms with Gasteiger partial charge in [-0.25, -0.2) is 4.79 Å². The SMILES string of the molecule is CC/C=C\C/C=C\C/C=C\C/C=C\C/C=C\C/C=C\CCCCCCCCCCCCCCCCCCCCCCC(=O)OC(COC(=O)CCCCCCCCCCCCCCCCCCCCCCCCCCCC/C=C\C/C=C\C/C=C\C/C=C\CC)COC(OCC[N+](C)(C)C)C(=O)O. The van der Waals surface area contributed by atoms with E-state index in [0.29, 0.717) is 17.4 Å². The van der Waals surface area contributed by atoms with Crippen molar-refractivity contribution in [1.29, 1.82) is 0 Å². The smallest absolute Gasteiger partial charge is 0.361 e. The molecule has 594 valence electrons. The first-order chi connectivity index (χ1) is 50.6. The van der Waals surface area contributed by atoms with E-state index in [1.54, 1.807) is 0 Å². The van der Waals surface area contributed by atoms with Gasteiger partial charge in [0.2, 0.25) is 0 Å². The van der Waals surface area contributed by atoms with Crippen molar-refractivity contribution in [3.8, 4) is 0 Å². The number of carboxylic acids is 1. The van der Waals surface area contributed by atoms with Gasteiger partial charge in [0.15, 0.2) is 6.10 Å². The molecule has 0 aromatic rings. The molecule has 0 radical (unpaired) electrons. The zero-order valence-corrected chi connectivity index (χ0v) is 68.2. The molecule has 0 bridgehead atoms. The van der Waals surface area contributed by atoms with Gasteiger partial charge in [-0.1, -0.05) is 405 Å². The van der Waals surface area contributed by atoms with Gasteiger partial charge in [0, 0.05) is 12.8 Å². The molecule has 0 fully saturated rings. The third kappa shape index (κ3) is 84.8. The molecule has 9 nitrogen and oxygen atoms in total. The summed E-state index contributed by atoms with van der Waals surface area (Å²) in [6, 6.07) is 0. The van der Waals surface area contributed by atoms with Crippen LogP contribution in [0.4, 0.5) is 0 Å². The number of nitrogens with zero attached hydrogens (tertiary/aromatic N) is 1. The number of allylic oxidation sites excluding steroid dienone is 20. The van der Waals surface area contributed by atoms with Gasteiger partial charge >= 0.3 is 17.9 Å². The van der Waals surface area contributed by atoms with Crippen molar-refractivity contribution in [2.75, 3.05) is 47.5 Å². The molecule has 1 N–H and O–H groups in total. The number of rotatable bonds is 81. The molecule has 0 aliphatic heterocycles. The van der Waals surface area contributed by atoms with Gasteiger partial charge < -0.3 is 28.5 Å². The molecule has 2 atom stereocenters. The van der Waals surface area contributed by atoms with Crippen LogP contribution in [-0.4, -0.2) is 87.4 Å². The van der Waals surface area contributed by atoms with E-state index in [9.17, 15) is 19.5 Å². The molecule has 0 aliphatic rings. The molecule has 0 saturated heterocycles. The normalized spacial score (nSPS) is 13.2. The lowest BCUT2D eigenvalue weighted by Gasteiger charge is -2.25. The molecule has 0 rings (SSSR count). The number of aliphatic carboxylic acids is 1. The van der Waals surface area contributed by atoms with Crippen molar-refractivity contribution >= 4 is 17.9 Å². The first-order valence-corrected chi connectivity index (χ1v) is 43.7. The van der Waals surface area contributed by atoms with E-state index >= 15 is 0 Å². The number of carbonyl (C=O) groups is 3. The van der Waals surface area contributed by atoms with Crippen LogP contribution in [0.3, 0.4) is 0 Å². The van der Waals surface area contributed by atoms with Gasteiger partial charge in [-0.05, 0) is 103 Å². The number of esters is 2. The third-order valence-corrected chi connectivity index (χ3v) is 19.2. The topological polar surface area (TPSA) is 108 Å². The summed E-state index contributed by atoms with van der Waals surface area (Å²) in [5.41, 5.74) is 0. The average Bonchev–Trinajstić information content (AvgIpc) is 0.985. The van der Waals surface area contributed by atoms with Crippen LogP contribution in [0.15, 0.2) is 122 Å². The van der Waals surface area contributed by atoms with Gasteiger partial charge in [0.05, 0.1) is 34.4 Å². The summed E-state index contributed by atoms with van der Waals surface area (Å²) in [6.07, 6.45) is 117. The summed E-state index contributed by atoms with van der Waals surface area (Å²) < 4.78 is 23.1. The highest BCUT2D eigenvalue weighted by Gasteiger charge is 2.25. The molecule has 0 spiro atoms. The number of hydrogen-bond donors (Lipinski definition) is 1. The second-order valence-corrected chi connectivity index (χ2v) is 30.4. The summed E-state index contributed by atoms with van der Waals surface area (Å²) in [4.78, 5) is 37.8. The molecule has 0 saturated carbocycles. The fourth-order valence-corrected chi connectivity index (χ4v) is 12.7. The van der Waals surface area contributed by atoms with E-state index in [1.807, 2.05) is 21.1 Å². The second-order valence-electron chi connectivity index (χ2n) is 30.4. The van der Waals surface area contributed by atoms with Gasteiger partial charge in [-0.15, -0.1) is 0 Å². The van der Waals surface area contributed by atoms with Gasteiger partial charge in [0.1, 0.15) is 13.2 Å². The molecule has 2 unspecified atom stereocenters. The van der Waals surface area contributed by atoms with Crippen LogP contribution in [0.5, 0.6) is 0 Å². The van der Waals surface area contributed by atoms with Crippen LogP contribution in [-0.2, 0) is 33.3 Å². The standard InChI is InChI=1S/C94H165NO8/c1-6-8-10-12-14-16-18-20-22-24-26-28-30-32-34-36-38-40-42-44-46-48-50-52-54-56-58-60-62-64-66-68-70-72-74-76-78-80-82-84-91(96)101-88-90(89-102-94(93(98)99)100-87-86-95(3,4)5)103-92(97)85-83-81-79-77-75-73-71-69-67-65-63-61-59-57-55-53-51-49-47-45-43-41-39-37-35-33-31-29-27-25-23-21-19-17-15-13-11-9-7-2/h8-11,14-17,20-23,26-29,33,35,39,41,90,94H,6-7,12-13,18-19,24-25,30-32,34,36-38,40,42-89H2,1-5H3/p+1/b10-8-,11-9-,16-14-,17-15-,22-20-,23-21-,28-26-,29-27-,35-33-,41-39-. The van der Waals surface area contributed by atoms with E-state index in [-0.39, 0.29) is 38.2 Å². The monoisotopic (exact) mass is 1440 g/mol. The maximum absolute atomic E-state index is 13.0. The lowest BCUT2D eigenvalue weighted by atomic mass is 10.0. The minimum absolute atomic E-state index is 0.180. The lowest BCUT2D eigenvalue weighted by Crippen LogP contribution is -2.40. The average molecular weight is 1440 g/mol. The molecule has 0 aromatic carbocycles. The number of carbonyl (C=O) groups excluding carboxylic acids is 2. The number of unbranched alkanes of at least 4 members (excludes halogenated alkanes) is 46. The highest BCUT2D eigenvalue weighted by atomic mass is 16.7. The number of ether oxygens (including phenoxy) is 4. The van der Waals surface area contributed by atoms with Crippen molar-refractivity contribution in [3.63, 3.8) is 0 Å². The summed E-state index contributed by atoms with van der Waals surface area (Å²) >= 11 is 0. The Morgan fingerprint density at radius 3 is 0.777 bits per heavy atom. The first-order valence-electron chi connectivity index (χ1n) is 43.7. The molecule has 0 amide bonds. The number of quaternary nitrogens is 1. The summed E-state index contributed by atoms with van der Waals surface area (Å²) in [5.74, 6) is -1.98. The van der Waals surface area contributed by atoms with Crippen LogP contribution in [0.2, 0.25) is 0 Å². The lowest BCUT2D eigenvalue weighted by molar-refractivity contribution is -0.870. The fourth-order valence-electron chi connectivity index (χ4n) is 12.7. The van der Waals surface area contributed by atoms with Crippen LogP contribution < -0.4 is 0 Å². The highest BCUT2D eigenvalue weighted by molar-refractivity contribution is 5.71. The minimum atomic E-state index is -1.51. The summed E-state index contributed by atoms with van der Waals surface area (Å²) in [5, 5.41) is 9.79. The Morgan fingerprint density at radius 2 is 0.524 bits per heavy atom. The van der Waals surface area contributed by atoms with Gasteiger partial charge in [-0.2, -0.15) is 0 Å². The maximum atomic E-state index is 13.0. The summed E-state index contributed by atoms with van der Waals surface area (Å²) in [6.45, 7) is 4.70. The largest absolute Gasteiger partial charge is 0.477 e. The Balaban J connectivity index is 3.94. The minimum Gasteiger partial charge on any atom is -0.477 e. The van der Waals surface area contributed by atoms with Gasteiger partial charge in [-0.3, -0.25) is 9.59 Å². The molecule has 103 heavy (non-hydrogen) atoms. The highest BCUT2D eigenvalue weighted by Crippen LogP contribution is 2.20. The van der Waals surface area contributed by atoms with Gasteiger partial charge in [0.25, 0.3) is 6.29 Å². The number of likely N-dealkylation sites (N-methyl/N-ethyl adjacent to an activating group) is 1. The van der Waals surface area contributed by atoms with Crippen molar-refractivity contribution in [1.82, 2.24) is 0 Å². The van der Waals surface area contributed by atoms with Crippen LogP contribution >= 0.6 is 0 Å². The molecule has 0 aliphatic carbocycles. The number of carboxylic acid groups (broad SMARTS) is 1. The Labute approximate surface area is 637 Å². The summed E-state index contributed by atoms with van der Waals surface area (Å²) in [7, 11) is 6.00. The molecule has 0 heterocycles. The van der Waals surface area contributed by atoms with Crippen LogP contribution in [0, 0.1) is 0 Å². The molecular weight excluding hydrogens is 1270 g/mol. The fraction of sp³-hybridized carbons (Fsp3) is 0.755. The van der Waals surface area contributed by atoms with Crippen LogP contribution in [0.25, 0.3) is 0 Å².